The number of pyridine rings is 1. The summed E-state index contributed by atoms with van der Waals surface area (Å²) in [6.07, 6.45) is 4.04. The van der Waals surface area contributed by atoms with Crippen LogP contribution >= 0.6 is 12.2 Å². The van der Waals surface area contributed by atoms with Crippen molar-refractivity contribution in [3.05, 3.63) is 114 Å². The van der Waals surface area contributed by atoms with Crippen molar-refractivity contribution >= 4 is 28.9 Å². The van der Waals surface area contributed by atoms with E-state index in [0.717, 1.165) is 17.1 Å². The van der Waals surface area contributed by atoms with Gasteiger partial charge in [0.05, 0.1) is 17.8 Å². The molecule has 0 aliphatic carbocycles. The van der Waals surface area contributed by atoms with E-state index < -0.39 is 0 Å². The lowest BCUT2D eigenvalue weighted by Gasteiger charge is -2.29. The molecule has 2 N–H and O–H groups in total. The van der Waals surface area contributed by atoms with Crippen molar-refractivity contribution in [1.82, 2.24) is 19.8 Å². The van der Waals surface area contributed by atoms with Crippen molar-refractivity contribution in [1.29, 1.82) is 0 Å². The lowest BCUT2D eigenvalue weighted by molar-refractivity contribution is -0.116. The highest BCUT2D eigenvalue weighted by Gasteiger charge is 2.41. The Kier molecular flexibility index (Phi) is 7.01. The van der Waals surface area contributed by atoms with E-state index in [2.05, 4.69) is 69.4 Å². The van der Waals surface area contributed by atoms with Crippen LogP contribution in [0.3, 0.4) is 0 Å². The average molecular weight is 514 g/mol. The number of carbonyl (C=O) groups excluding carboxylic acids is 1. The summed E-state index contributed by atoms with van der Waals surface area (Å²) < 4.78 is 15.4. The Hall–Kier alpha value is -4.04. The second-order valence-corrected chi connectivity index (χ2v) is 9.58. The van der Waals surface area contributed by atoms with E-state index >= 15 is 0 Å². The van der Waals surface area contributed by atoms with Gasteiger partial charge in [0.2, 0.25) is 5.91 Å². The van der Waals surface area contributed by atoms with E-state index in [0.29, 0.717) is 17.3 Å². The number of benzene rings is 2. The molecule has 6 nitrogen and oxygen atoms in total. The van der Waals surface area contributed by atoms with Crippen molar-refractivity contribution in [3.8, 4) is 5.69 Å². The molecule has 0 spiro atoms. The number of halogens is 1. The minimum atomic E-state index is -0.346. The molecule has 1 aliphatic heterocycles. The maximum absolute atomic E-state index is 13.2. The summed E-state index contributed by atoms with van der Waals surface area (Å²) in [5, 5.41) is 6.85. The van der Waals surface area contributed by atoms with Gasteiger partial charge in [-0.3, -0.25) is 9.78 Å². The second kappa shape index (κ2) is 10.5. The van der Waals surface area contributed by atoms with E-state index in [1.807, 2.05) is 24.3 Å². The van der Waals surface area contributed by atoms with Gasteiger partial charge in [0, 0.05) is 42.4 Å². The number of hydrogen-bond donors (Lipinski definition) is 2. The number of nitrogens with zero attached hydrogens (tertiary/aromatic N) is 3. The van der Waals surface area contributed by atoms with Crippen LogP contribution in [-0.4, -0.2) is 32.0 Å². The first kappa shape index (κ1) is 24.6. The molecule has 37 heavy (non-hydrogen) atoms. The van der Waals surface area contributed by atoms with Crippen LogP contribution in [0.25, 0.3) is 5.69 Å². The Morgan fingerprint density at radius 3 is 2.59 bits per heavy atom. The maximum Gasteiger partial charge on any atom is 0.226 e. The summed E-state index contributed by atoms with van der Waals surface area (Å²) in [6, 6.07) is 21.8. The van der Waals surface area contributed by atoms with E-state index in [4.69, 9.17) is 12.2 Å². The highest BCUT2D eigenvalue weighted by molar-refractivity contribution is 7.80. The fraction of sp³-hybridized carbons (Fsp3) is 0.207. The Bertz CT molecular complexity index is 1420. The molecule has 0 bridgehead atoms. The maximum atomic E-state index is 13.2. The van der Waals surface area contributed by atoms with Crippen LogP contribution in [0.15, 0.2) is 85.2 Å². The molecule has 2 atom stereocenters. The van der Waals surface area contributed by atoms with Gasteiger partial charge in [0.25, 0.3) is 0 Å². The highest BCUT2D eigenvalue weighted by Crippen LogP contribution is 2.39. The number of rotatable bonds is 7. The summed E-state index contributed by atoms with van der Waals surface area (Å²) in [6.45, 7) is 4.62. The molecule has 1 amide bonds. The van der Waals surface area contributed by atoms with E-state index in [1.165, 1.54) is 23.3 Å². The molecule has 2 aromatic heterocycles. The van der Waals surface area contributed by atoms with Crippen molar-refractivity contribution in [2.45, 2.75) is 32.4 Å². The molecule has 1 saturated heterocycles. The van der Waals surface area contributed by atoms with Crippen LogP contribution in [0.5, 0.6) is 0 Å². The Balaban J connectivity index is 1.44. The Labute approximate surface area is 221 Å². The molecular weight excluding hydrogens is 485 g/mol. The van der Waals surface area contributed by atoms with E-state index in [1.54, 1.807) is 18.3 Å². The molecule has 3 heterocycles. The molecule has 4 aromatic rings. The fourth-order valence-electron chi connectivity index (χ4n) is 4.69. The predicted octanol–water partition coefficient (Wildman–Crippen LogP) is 5.63. The molecule has 0 saturated carbocycles. The zero-order valence-corrected chi connectivity index (χ0v) is 21.5. The van der Waals surface area contributed by atoms with Crippen LogP contribution in [0.4, 0.5) is 10.1 Å². The fourth-order valence-corrected chi connectivity index (χ4v) is 5.02. The van der Waals surface area contributed by atoms with Crippen LogP contribution in [0, 0.1) is 19.7 Å². The number of nitrogens with one attached hydrogen (secondary N) is 2. The third-order valence-electron chi connectivity index (χ3n) is 6.76. The standard InChI is InChI=1S/C29H28FN5OS/c1-19-8-13-23(18-20(19)2)34-16-5-7-25(34)28-27(24-6-3-4-15-31-24)33-29(37)35(28)17-14-26(36)32-22-11-9-21(30)10-12-22/h3-13,15-16,18,27-28H,14,17H2,1-2H3,(H,32,36)(H,33,37)/t27-,28+/m0/s1. The van der Waals surface area contributed by atoms with Gasteiger partial charge in [-0.1, -0.05) is 12.1 Å². The SMILES string of the molecule is Cc1ccc(-n2cccc2[C@@H]2[C@H](c3ccccn3)NC(=S)N2CCC(=O)Nc2ccc(F)cc2)cc1C. The summed E-state index contributed by atoms with van der Waals surface area (Å²) in [5.74, 6) is -0.513. The molecule has 1 fully saturated rings. The number of amides is 1. The topological polar surface area (TPSA) is 62.2 Å². The largest absolute Gasteiger partial charge is 0.352 e. The molecule has 188 valence electrons. The van der Waals surface area contributed by atoms with Crippen LogP contribution < -0.4 is 10.6 Å². The summed E-state index contributed by atoms with van der Waals surface area (Å²) >= 11 is 5.77. The molecule has 1 aliphatic rings. The lowest BCUT2D eigenvalue weighted by atomic mass is 10.0. The molecule has 5 rings (SSSR count). The van der Waals surface area contributed by atoms with Crippen LogP contribution in [0.2, 0.25) is 0 Å². The number of hydrogen-bond acceptors (Lipinski definition) is 3. The van der Waals surface area contributed by atoms with Crippen molar-refractivity contribution in [3.63, 3.8) is 0 Å². The first-order valence-corrected chi connectivity index (χ1v) is 12.6. The minimum absolute atomic E-state index is 0.168. The molecule has 0 unspecified atom stereocenters. The first-order chi connectivity index (χ1) is 17.9. The van der Waals surface area contributed by atoms with Gasteiger partial charge >= 0.3 is 0 Å². The smallest absolute Gasteiger partial charge is 0.226 e. The number of carbonyl (C=O) groups is 1. The number of thiocarbonyl (C=S) groups is 1. The van der Waals surface area contributed by atoms with Gasteiger partial charge in [-0.15, -0.1) is 0 Å². The normalized spacial score (nSPS) is 17.1. The van der Waals surface area contributed by atoms with Crippen molar-refractivity contribution < 1.29 is 9.18 Å². The molecular formula is C29H28FN5OS. The first-order valence-electron chi connectivity index (χ1n) is 12.2. The zero-order chi connectivity index (χ0) is 25.9. The highest BCUT2D eigenvalue weighted by atomic mass is 32.1. The monoisotopic (exact) mass is 513 g/mol. The van der Waals surface area contributed by atoms with Gasteiger partial charge in [-0.2, -0.15) is 0 Å². The third kappa shape index (κ3) is 5.24. The summed E-state index contributed by atoms with van der Waals surface area (Å²) in [7, 11) is 0. The van der Waals surface area contributed by atoms with Gasteiger partial charge in [0.15, 0.2) is 5.11 Å². The molecule has 8 heteroatoms. The van der Waals surface area contributed by atoms with Crippen molar-refractivity contribution in [2.75, 3.05) is 11.9 Å². The summed E-state index contributed by atoms with van der Waals surface area (Å²) in [4.78, 5) is 19.4. The molecule has 2 aromatic carbocycles. The van der Waals surface area contributed by atoms with Crippen LogP contribution in [-0.2, 0) is 4.79 Å². The van der Waals surface area contributed by atoms with Gasteiger partial charge in [-0.25, -0.2) is 4.39 Å². The van der Waals surface area contributed by atoms with Crippen molar-refractivity contribution in [2.24, 2.45) is 0 Å². The zero-order valence-electron chi connectivity index (χ0n) is 20.7. The predicted molar refractivity (Wildman–Crippen MR) is 147 cm³/mol. The lowest BCUT2D eigenvalue weighted by Crippen LogP contribution is -2.33. The molecule has 0 radical (unpaired) electrons. The minimum Gasteiger partial charge on any atom is -0.352 e. The summed E-state index contributed by atoms with van der Waals surface area (Å²) in [5.41, 5.74) is 6.00. The second-order valence-electron chi connectivity index (χ2n) is 9.20. The number of aromatic nitrogens is 2. The van der Waals surface area contributed by atoms with Crippen LogP contribution in [0.1, 0.15) is 41.0 Å². The Morgan fingerprint density at radius 2 is 1.86 bits per heavy atom. The van der Waals surface area contributed by atoms with Gasteiger partial charge in [-0.05, 0) is 97.9 Å². The van der Waals surface area contributed by atoms with E-state index in [-0.39, 0.29) is 30.2 Å². The Morgan fingerprint density at radius 1 is 1.05 bits per heavy atom. The van der Waals surface area contributed by atoms with Gasteiger partial charge in [0.1, 0.15) is 5.82 Å². The number of aryl methyl sites for hydroxylation is 2. The number of anilines is 1. The third-order valence-corrected chi connectivity index (χ3v) is 7.11. The average Bonchev–Trinajstić information content (AvgIpc) is 3.50. The quantitative estimate of drug-likeness (QED) is 0.314. The van der Waals surface area contributed by atoms with Gasteiger partial charge < -0.3 is 20.1 Å². The van der Waals surface area contributed by atoms with E-state index in [9.17, 15) is 9.18 Å².